The van der Waals surface area contributed by atoms with E-state index in [9.17, 15) is 21.6 Å². The lowest BCUT2D eigenvalue weighted by molar-refractivity contribution is -0.138. The number of rotatable bonds is 1. The Balaban J connectivity index is 3.29. The van der Waals surface area contributed by atoms with Gasteiger partial charge in [-0.05, 0) is 6.07 Å². The summed E-state index contributed by atoms with van der Waals surface area (Å²) in [5.41, 5.74) is -1.22. The summed E-state index contributed by atoms with van der Waals surface area (Å²) in [5, 5.41) is 4.92. The van der Waals surface area contributed by atoms with Crippen molar-refractivity contribution in [1.29, 1.82) is 0 Å². The molecule has 0 aliphatic heterocycles. The van der Waals surface area contributed by atoms with Crippen LogP contribution in [0.4, 0.5) is 13.2 Å². The second-order valence-electron chi connectivity index (χ2n) is 2.22. The van der Waals surface area contributed by atoms with Gasteiger partial charge in [-0.2, -0.15) is 18.3 Å². The Morgan fingerprint density at radius 1 is 1.36 bits per heavy atom. The molecule has 0 spiro atoms. The smallest absolute Gasteiger partial charge is 0.205 e. The van der Waals surface area contributed by atoms with Crippen molar-refractivity contribution in [3.05, 3.63) is 17.8 Å². The van der Waals surface area contributed by atoms with Crippen molar-refractivity contribution < 1.29 is 21.6 Å². The largest absolute Gasteiger partial charge is 0.418 e. The maximum Gasteiger partial charge on any atom is 0.418 e. The third-order valence-electron chi connectivity index (χ3n) is 1.21. The average Bonchev–Trinajstić information content (AvgIpc) is 2.01. The van der Waals surface area contributed by atoms with Crippen LogP contribution in [0.3, 0.4) is 0 Å². The molecule has 4 nitrogen and oxygen atoms in total. The minimum Gasteiger partial charge on any atom is -0.205 e. The molecular weight excluding hydrogens is 245 g/mol. The highest BCUT2D eigenvalue weighted by Crippen LogP contribution is 2.29. The third kappa shape index (κ3) is 2.55. The van der Waals surface area contributed by atoms with Crippen LogP contribution >= 0.6 is 10.7 Å². The van der Waals surface area contributed by atoms with Crippen molar-refractivity contribution in [2.24, 2.45) is 0 Å². The first-order chi connectivity index (χ1) is 6.21. The molecule has 0 atom stereocenters. The second kappa shape index (κ2) is 3.35. The van der Waals surface area contributed by atoms with E-state index in [1.54, 1.807) is 0 Å². The van der Waals surface area contributed by atoms with E-state index in [0.29, 0.717) is 12.3 Å². The molecule has 0 saturated heterocycles. The molecule has 78 valence electrons. The maximum atomic E-state index is 12.1. The molecule has 1 rings (SSSR count). The van der Waals surface area contributed by atoms with Crippen LogP contribution < -0.4 is 0 Å². The van der Waals surface area contributed by atoms with E-state index in [0.717, 1.165) is 0 Å². The summed E-state index contributed by atoms with van der Waals surface area (Å²) < 4.78 is 57.4. The van der Waals surface area contributed by atoms with Crippen LogP contribution in [-0.2, 0) is 15.2 Å². The minimum atomic E-state index is -4.67. The Morgan fingerprint density at radius 2 is 1.93 bits per heavy atom. The van der Waals surface area contributed by atoms with E-state index in [2.05, 4.69) is 10.2 Å². The second-order valence-corrected chi connectivity index (χ2v) is 4.73. The van der Waals surface area contributed by atoms with Gasteiger partial charge in [-0.15, -0.1) is 5.10 Å². The van der Waals surface area contributed by atoms with Crippen LogP contribution in [-0.4, -0.2) is 18.6 Å². The Hall–Kier alpha value is -0.890. The molecule has 0 aliphatic carbocycles. The molecule has 1 aromatic heterocycles. The molecule has 1 aromatic rings. The van der Waals surface area contributed by atoms with E-state index < -0.39 is 25.8 Å². The van der Waals surface area contributed by atoms with Gasteiger partial charge in [-0.3, -0.25) is 0 Å². The van der Waals surface area contributed by atoms with Crippen LogP contribution in [0.5, 0.6) is 0 Å². The van der Waals surface area contributed by atoms with E-state index in [-0.39, 0.29) is 0 Å². The fraction of sp³-hybridized carbons (Fsp3) is 0.200. The fourth-order valence-electron chi connectivity index (χ4n) is 0.621. The van der Waals surface area contributed by atoms with Gasteiger partial charge in [0.25, 0.3) is 9.05 Å². The molecule has 0 aliphatic rings. The highest BCUT2D eigenvalue weighted by molar-refractivity contribution is 8.13. The molecule has 9 heteroatoms. The molecule has 0 amide bonds. The summed E-state index contributed by atoms with van der Waals surface area (Å²) in [5.74, 6) is 0. The quantitative estimate of drug-likeness (QED) is 0.703. The molecule has 0 unspecified atom stereocenters. The molecular formula is C5H2ClF3N2O2S. The number of hydrogen-bond acceptors (Lipinski definition) is 4. The zero-order chi connectivity index (χ0) is 11.0. The lowest BCUT2D eigenvalue weighted by Gasteiger charge is -2.05. The summed E-state index contributed by atoms with van der Waals surface area (Å²) in [4.78, 5) is 0. The van der Waals surface area contributed by atoms with Crippen molar-refractivity contribution in [3.8, 4) is 0 Å². The van der Waals surface area contributed by atoms with Gasteiger partial charge in [-0.1, -0.05) is 0 Å². The Labute approximate surface area is 81.1 Å². The van der Waals surface area contributed by atoms with Gasteiger partial charge in [0.1, 0.15) is 0 Å². The minimum absolute atomic E-state index is 0.315. The molecule has 0 radical (unpaired) electrons. The number of hydrogen-bond donors (Lipinski definition) is 0. The number of halogens is 4. The number of alkyl halides is 3. The Kier molecular flexibility index (Phi) is 2.68. The van der Waals surface area contributed by atoms with Gasteiger partial charge in [0.15, 0.2) is 5.03 Å². The van der Waals surface area contributed by atoms with Gasteiger partial charge in [0, 0.05) is 10.7 Å². The number of aromatic nitrogens is 2. The Bertz CT molecular complexity index is 445. The predicted molar refractivity (Wildman–Crippen MR) is 40.1 cm³/mol. The lowest BCUT2D eigenvalue weighted by atomic mass is 10.3. The van der Waals surface area contributed by atoms with Gasteiger partial charge in [-0.25, -0.2) is 8.42 Å². The van der Waals surface area contributed by atoms with Gasteiger partial charge < -0.3 is 0 Å². The standard InChI is InChI=1S/C5H2ClF3N2O2S/c6-14(12,13)4-1-3(2-10-11-4)5(7,8)9/h1-2H. The summed E-state index contributed by atoms with van der Waals surface area (Å²) in [6.07, 6.45) is -4.27. The molecule has 0 aromatic carbocycles. The van der Waals surface area contributed by atoms with Gasteiger partial charge in [0.05, 0.1) is 11.8 Å². The van der Waals surface area contributed by atoms with Gasteiger partial charge >= 0.3 is 6.18 Å². The highest BCUT2D eigenvalue weighted by atomic mass is 35.7. The molecule has 14 heavy (non-hydrogen) atoms. The first kappa shape index (κ1) is 11.2. The van der Waals surface area contributed by atoms with E-state index in [1.807, 2.05) is 0 Å². The van der Waals surface area contributed by atoms with Crippen molar-refractivity contribution >= 4 is 19.7 Å². The van der Waals surface area contributed by atoms with Crippen molar-refractivity contribution in [2.75, 3.05) is 0 Å². The number of nitrogens with zero attached hydrogens (tertiary/aromatic N) is 2. The topological polar surface area (TPSA) is 59.9 Å². The van der Waals surface area contributed by atoms with E-state index in [4.69, 9.17) is 10.7 Å². The predicted octanol–water partition coefficient (Wildman–Crippen LogP) is 1.42. The Morgan fingerprint density at radius 3 is 2.36 bits per heavy atom. The summed E-state index contributed by atoms with van der Waals surface area (Å²) in [7, 11) is 0.496. The zero-order valence-corrected chi connectivity index (χ0v) is 7.86. The highest BCUT2D eigenvalue weighted by Gasteiger charge is 2.32. The monoisotopic (exact) mass is 246 g/mol. The molecule has 1 heterocycles. The summed E-state index contributed by atoms with van der Waals surface area (Å²) >= 11 is 0. The zero-order valence-electron chi connectivity index (χ0n) is 6.29. The molecule has 0 saturated carbocycles. The summed E-state index contributed by atoms with van der Waals surface area (Å²) in [6.45, 7) is 0. The van der Waals surface area contributed by atoms with Crippen molar-refractivity contribution in [1.82, 2.24) is 10.2 Å². The van der Waals surface area contributed by atoms with Crippen LogP contribution in [0.15, 0.2) is 17.3 Å². The molecule has 0 bridgehead atoms. The first-order valence-electron chi connectivity index (χ1n) is 3.06. The average molecular weight is 247 g/mol. The van der Waals surface area contributed by atoms with Crippen LogP contribution in [0.2, 0.25) is 0 Å². The van der Waals surface area contributed by atoms with E-state index in [1.165, 1.54) is 0 Å². The fourth-order valence-corrected chi connectivity index (χ4v) is 1.26. The van der Waals surface area contributed by atoms with Crippen LogP contribution in [0.1, 0.15) is 5.56 Å². The maximum absolute atomic E-state index is 12.1. The lowest BCUT2D eigenvalue weighted by Crippen LogP contribution is -2.08. The van der Waals surface area contributed by atoms with E-state index >= 15 is 0 Å². The van der Waals surface area contributed by atoms with Gasteiger partial charge in [0.2, 0.25) is 0 Å². The van der Waals surface area contributed by atoms with Crippen LogP contribution in [0, 0.1) is 0 Å². The molecule has 0 fully saturated rings. The normalized spacial score (nSPS) is 12.9. The third-order valence-corrected chi connectivity index (χ3v) is 2.38. The summed E-state index contributed by atoms with van der Waals surface area (Å²) in [6, 6.07) is 0.315. The van der Waals surface area contributed by atoms with Crippen molar-refractivity contribution in [2.45, 2.75) is 11.2 Å². The first-order valence-corrected chi connectivity index (χ1v) is 5.37. The van der Waals surface area contributed by atoms with Crippen molar-refractivity contribution in [3.63, 3.8) is 0 Å². The molecule has 0 N–H and O–H groups in total. The van der Waals surface area contributed by atoms with Crippen LogP contribution in [0.25, 0.3) is 0 Å². The SMILES string of the molecule is O=S(=O)(Cl)c1cc(C(F)(F)F)cnn1.